The average Bonchev–Trinajstić information content (AvgIpc) is 2.45. The number of rotatable bonds is 5. The molecule has 0 aliphatic carbocycles. The highest BCUT2D eigenvalue weighted by molar-refractivity contribution is 5.42. The molecule has 0 spiro atoms. The summed E-state index contributed by atoms with van der Waals surface area (Å²) in [5.41, 5.74) is 11.8. The van der Waals surface area contributed by atoms with Gasteiger partial charge < -0.3 is 15.2 Å². The predicted molar refractivity (Wildman–Crippen MR) is 85.9 cm³/mol. The van der Waals surface area contributed by atoms with Crippen LogP contribution in [0.2, 0.25) is 0 Å². The molecule has 0 atom stereocenters. The van der Waals surface area contributed by atoms with Crippen LogP contribution in [-0.4, -0.2) is 7.11 Å². The Hall–Kier alpha value is -2.00. The fourth-order valence-corrected chi connectivity index (χ4v) is 2.55. The number of hydrogen-bond acceptors (Lipinski definition) is 3. The molecule has 0 heterocycles. The van der Waals surface area contributed by atoms with Crippen LogP contribution in [0.4, 0.5) is 0 Å². The van der Waals surface area contributed by atoms with Crippen molar-refractivity contribution in [3.05, 3.63) is 58.1 Å². The molecule has 21 heavy (non-hydrogen) atoms. The maximum Gasteiger partial charge on any atom is 0.127 e. The number of aryl methyl sites for hydroxylation is 3. The Labute approximate surface area is 126 Å². The van der Waals surface area contributed by atoms with Gasteiger partial charge in [-0.3, -0.25) is 0 Å². The first-order valence-corrected chi connectivity index (χ1v) is 7.11. The maximum absolute atomic E-state index is 6.00. The van der Waals surface area contributed by atoms with Crippen molar-refractivity contribution in [2.75, 3.05) is 7.11 Å². The molecule has 0 bridgehead atoms. The van der Waals surface area contributed by atoms with Gasteiger partial charge in [-0.05, 0) is 43.5 Å². The van der Waals surface area contributed by atoms with Gasteiger partial charge >= 0.3 is 0 Å². The summed E-state index contributed by atoms with van der Waals surface area (Å²) in [4.78, 5) is 0. The molecule has 0 fully saturated rings. The van der Waals surface area contributed by atoms with Gasteiger partial charge in [0.2, 0.25) is 0 Å². The molecule has 2 aromatic rings. The molecule has 0 radical (unpaired) electrons. The summed E-state index contributed by atoms with van der Waals surface area (Å²) in [5.74, 6) is 1.57. The van der Waals surface area contributed by atoms with E-state index in [0.29, 0.717) is 13.2 Å². The highest BCUT2D eigenvalue weighted by Gasteiger charge is 2.08. The van der Waals surface area contributed by atoms with Crippen LogP contribution in [0.5, 0.6) is 11.5 Å². The van der Waals surface area contributed by atoms with E-state index in [2.05, 4.69) is 32.9 Å². The standard InChI is InChI=1S/C18H23NO2/c1-12-7-13(2)17(14(3)8-12)11-21-18-9-16(20-4)6-5-15(18)10-19/h5-9H,10-11,19H2,1-4H3. The molecule has 0 unspecified atom stereocenters. The monoisotopic (exact) mass is 285 g/mol. The van der Waals surface area contributed by atoms with E-state index < -0.39 is 0 Å². The highest BCUT2D eigenvalue weighted by atomic mass is 16.5. The zero-order valence-electron chi connectivity index (χ0n) is 13.2. The van der Waals surface area contributed by atoms with Crippen molar-refractivity contribution in [3.8, 4) is 11.5 Å². The summed E-state index contributed by atoms with van der Waals surface area (Å²) in [7, 11) is 1.65. The largest absolute Gasteiger partial charge is 0.497 e. The van der Waals surface area contributed by atoms with Crippen LogP contribution >= 0.6 is 0 Å². The minimum atomic E-state index is 0.450. The van der Waals surface area contributed by atoms with E-state index in [1.807, 2.05) is 18.2 Å². The van der Waals surface area contributed by atoms with Crippen LogP contribution < -0.4 is 15.2 Å². The molecule has 0 saturated carbocycles. The molecule has 112 valence electrons. The summed E-state index contributed by atoms with van der Waals surface area (Å²) in [6.07, 6.45) is 0. The molecule has 0 amide bonds. The summed E-state index contributed by atoms with van der Waals surface area (Å²) in [6.45, 7) is 7.34. The second-order valence-electron chi connectivity index (χ2n) is 5.34. The molecule has 0 saturated heterocycles. The zero-order valence-corrected chi connectivity index (χ0v) is 13.2. The van der Waals surface area contributed by atoms with E-state index in [1.165, 1.54) is 22.3 Å². The van der Waals surface area contributed by atoms with E-state index in [9.17, 15) is 0 Å². The molecule has 2 N–H and O–H groups in total. The number of ether oxygens (including phenoxy) is 2. The summed E-state index contributed by atoms with van der Waals surface area (Å²) in [6, 6.07) is 10.1. The summed E-state index contributed by atoms with van der Waals surface area (Å²) in [5, 5.41) is 0. The molecule has 2 aromatic carbocycles. The van der Waals surface area contributed by atoms with Gasteiger partial charge in [0.1, 0.15) is 18.1 Å². The zero-order chi connectivity index (χ0) is 15.4. The van der Waals surface area contributed by atoms with Gasteiger partial charge in [-0.15, -0.1) is 0 Å². The van der Waals surface area contributed by atoms with Crippen LogP contribution in [0.15, 0.2) is 30.3 Å². The average molecular weight is 285 g/mol. The maximum atomic E-state index is 6.00. The van der Waals surface area contributed by atoms with E-state index in [0.717, 1.165) is 17.1 Å². The molecular formula is C18H23NO2. The van der Waals surface area contributed by atoms with Crippen molar-refractivity contribution in [1.82, 2.24) is 0 Å². The van der Waals surface area contributed by atoms with Gasteiger partial charge in [0.25, 0.3) is 0 Å². The Kier molecular flexibility index (Phi) is 4.86. The van der Waals surface area contributed by atoms with Crippen LogP contribution in [0.3, 0.4) is 0 Å². The third-order valence-electron chi connectivity index (χ3n) is 3.71. The Balaban J connectivity index is 2.24. The van der Waals surface area contributed by atoms with Crippen molar-refractivity contribution >= 4 is 0 Å². The van der Waals surface area contributed by atoms with Gasteiger partial charge in [0, 0.05) is 18.2 Å². The minimum Gasteiger partial charge on any atom is -0.497 e. The van der Waals surface area contributed by atoms with Gasteiger partial charge in [-0.1, -0.05) is 23.8 Å². The quantitative estimate of drug-likeness (QED) is 0.912. The second-order valence-corrected chi connectivity index (χ2v) is 5.34. The lowest BCUT2D eigenvalue weighted by atomic mass is 10.0. The number of nitrogens with two attached hydrogens (primary N) is 1. The van der Waals surface area contributed by atoms with Crippen LogP contribution in [0.25, 0.3) is 0 Å². The van der Waals surface area contributed by atoms with E-state index >= 15 is 0 Å². The van der Waals surface area contributed by atoms with Crippen molar-refractivity contribution in [2.45, 2.75) is 33.9 Å². The normalized spacial score (nSPS) is 10.5. The molecule has 3 heteroatoms. The first-order valence-electron chi connectivity index (χ1n) is 7.11. The summed E-state index contributed by atoms with van der Waals surface area (Å²) >= 11 is 0. The molecule has 0 aliphatic heterocycles. The molecule has 0 aliphatic rings. The number of hydrogen-bond donors (Lipinski definition) is 1. The predicted octanol–water partition coefficient (Wildman–Crippen LogP) is 3.66. The van der Waals surface area contributed by atoms with Crippen LogP contribution in [0.1, 0.15) is 27.8 Å². The van der Waals surface area contributed by atoms with Crippen LogP contribution in [-0.2, 0) is 13.2 Å². The van der Waals surface area contributed by atoms with E-state index in [1.54, 1.807) is 7.11 Å². The molecule has 3 nitrogen and oxygen atoms in total. The first kappa shape index (κ1) is 15.4. The third kappa shape index (κ3) is 3.56. The summed E-state index contributed by atoms with van der Waals surface area (Å²) < 4.78 is 11.2. The highest BCUT2D eigenvalue weighted by Crippen LogP contribution is 2.26. The molecular weight excluding hydrogens is 262 g/mol. The fourth-order valence-electron chi connectivity index (χ4n) is 2.55. The van der Waals surface area contributed by atoms with Crippen molar-refractivity contribution in [3.63, 3.8) is 0 Å². The van der Waals surface area contributed by atoms with Gasteiger partial charge in [0.05, 0.1) is 7.11 Å². The van der Waals surface area contributed by atoms with Crippen molar-refractivity contribution in [2.24, 2.45) is 5.73 Å². The Morgan fingerprint density at radius 2 is 1.67 bits per heavy atom. The molecule has 0 aromatic heterocycles. The first-order chi connectivity index (χ1) is 10.0. The Morgan fingerprint density at radius 1 is 1.00 bits per heavy atom. The van der Waals surface area contributed by atoms with Crippen LogP contribution in [0, 0.1) is 20.8 Å². The van der Waals surface area contributed by atoms with Gasteiger partial charge in [-0.25, -0.2) is 0 Å². The SMILES string of the molecule is COc1ccc(CN)c(OCc2c(C)cc(C)cc2C)c1. The molecule has 2 rings (SSSR count). The fraction of sp³-hybridized carbons (Fsp3) is 0.333. The topological polar surface area (TPSA) is 44.5 Å². The number of methoxy groups -OCH3 is 1. The number of benzene rings is 2. The van der Waals surface area contributed by atoms with E-state index in [4.69, 9.17) is 15.2 Å². The Bertz CT molecular complexity index is 612. The van der Waals surface area contributed by atoms with Crippen molar-refractivity contribution < 1.29 is 9.47 Å². The minimum absolute atomic E-state index is 0.450. The van der Waals surface area contributed by atoms with Crippen molar-refractivity contribution in [1.29, 1.82) is 0 Å². The van der Waals surface area contributed by atoms with Gasteiger partial charge in [-0.2, -0.15) is 0 Å². The van der Waals surface area contributed by atoms with Gasteiger partial charge in [0.15, 0.2) is 0 Å². The third-order valence-corrected chi connectivity index (χ3v) is 3.71. The lowest BCUT2D eigenvalue weighted by Gasteiger charge is -2.15. The lowest BCUT2D eigenvalue weighted by molar-refractivity contribution is 0.299. The lowest BCUT2D eigenvalue weighted by Crippen LogP contribution is -2.05. The second kappa shape index (κ2) is 6.64. The van der Waals surface area contributed by atoms with E-state index in [-0.39, 0.29) is 0 Å². The Morgan fingerprint density at radius 3 is 2.24 bits per heavy atom. The smallest absolute Gasteiger partial charge is 0.127 e.